The Morgan fingerprint density at radius 3 is 2.81 bits per heavy atom. The number of hydrogen-bond donors (Lipinski definition) is 2. The molecule has 0 spiro atoms. The molecule has 1 amide bonds. The van der Waals surface area contributed by atoms with E-state index in [-0.39, 0.29) is 15.4 Å². The van der Waals surface area contributed by atoms with Crippen LogP contribution >= 0.6 is 11.3 Å². The molecule has 0 atom stereocenters. The van der Waals surface area contributed by atoms with E-state index in [1.54, 1.807) is 6.08 Å². The van der Waals surface area contributed by atoms with Crippen LogP contribution in [0.5, 0.6) is 0 Å². The van der Waals surface area contributed by atoms with Gasteiger partial charge in [-0.15, -0.1) is 17.9 Å². The van der Waals surface area contributed by atoms with E-state index in [0.29, 0.717) is 18.4 Å². The van der Waals surface area contributed by atoms with Gasteiger partial charge in [-0.05, 0) is 18.6 Å². The molecule has 0 saturated carbocycles. The first-order valence-corrected chi connectivity index (χ1v) is 6.81. The molecule has 0 saturated heterocycles. The van der Waals surface area contributed by atoms with Gasteiger partial charge in [-0.3, -0.25) is 4.79 Å². The van der Waals surface area contributed by atoms with Crippen molar-refractivity contribution in [3.8, 4) is 0 Å². The number of aromatic nitrogens is 1. The number of nitrogens with two attached hydrogens (primary N) is 1. The van der Waals surface area contributed by atoms with Crippen molar-refractivity contribution in [2.24, 2.45) is 0 Å². The van der Waals surface area contributed by atoms with E-state index >= 15 is 0 Å². The number of carbonyl (C=O) groups is 1. The summed E-state index contributed by atoms with van der Waals surface area (Å²) in [5, 5.41) is 2.97. The smallest absolute Gasteiger partial charge is 0.397 e. The molecule has 4 nitrogen and oxygen atoms in total. The van der Waals surface area contributed by atoms with Crippen LogP contribution in [0.1, 0.15) is 21.8 Å². The van der Waals surface area contributed by atoms with Gasteiger partial charge in [-0.1, -0.05) is 6.08 Å². The average Bonchev–Trinajstić information content (AvgIpc) is 2.75. The number of alkyl halides is 3. The number of thiophene rings is 1. The van der Waals surface area contributed by atoms with E-state index < -0.39 is 17.8 Å². The van der Waals surface area contributed by atoms with Crippen LogP contribution in [-0.4, -0.2) is 17.4 Å². The maximum atomic E-state index is 12.6. The Morgan fingerprint density at radius 2 is 2.19 bits per heavy atom. The van der Waals surface area contributed by atoms with E-state index in [0.717, 1.165) is 17.4 Å². The van der Waals surface area contributed by atoms with Gasteiger partial charge in [0, 0.05) is 11.9 Å². The van der Waals surface area contributed by atoms with Crippen LogP contribution in [0.15, 0.2) is 24.8 Å². The van der Waals surface area contributed by atoms with Crippen molar-refractivity contribution < 1.29 is 18.0 Å². The highest BCUT2D eigenvalue weighted by Gasteiger charge is 2.33. The lowest BCUT2D eigenvalue weighted by Gasteiger charge is -2.04. The minimum absolute atomic E-state index is 0.0937. The standard InChI is InChI=1S/C13H12F3N3OS/c1-2-3-6-18-11(20)10-9(17)7-4-5-8(13(14,15)16)19-12(7)21-10/h2,4-5H,1,3,6,17H2,(H,18,20). The second kappa shape index (κ2) is 5.72. The summed E-state index contributed by atoms with van der Waals surface area (Å²) in [4.78, 5) is 15.7. The van der Waals surface area contributed by atoms with Gasteiger partial charge >= 0.3 is 6.18 Å². The first-order valence-electron chi connectivity index (χ1n) is 6.00. The fourth-order valence-corrected chi connectivity index (χ4v) is 2.70. The van der Waals surface area contributed by atoms with Gasteiger partial charge in [-0.2, -0.15) is 13.2 Å². The van der Waals surface area contributed by atoms with Crippen molar-refractivity contribution in [3.63, 3.8) is 0 Å². The maximum absolute atomic E-state index is 12.6. The lowest BCUT2D eigenvalue weighted by atomic mass is 10.2. The molecular formula is C13H12F3N3OS. The minimum atomic E-state index is -4.53. The minimum Gasteiger partial charge on any atom is -0.397 e. The maximum Gasteiger partial charge on any atom is 0.433 e. The SMILES string of the molecule is C=CCCNC(=O)c1sc2nc(C(F)(F)F)ccc2c1N. The third-order valence-electron chi connectivity index (χ3n) is 2.72. The fraction of sp³-hybridized carbons (Fsp3) is 0.231. The number of amides is 1. The van der Waals surface area contributed by atoms with Crippen LogP contribution in [-0.2, 0) is 6.18 Å². The second-order valence-electron chi connectivity index (χ2n) is 4.23. The third kappa shape index (κ3) is 3.15. The number of nitrogen functional groups attached to an aromatic ring is 1. The summed E-state index contributed by atoms with van der Waals surface area (Å²) >= 11 is 0.846. The molecule has 0 radical (unpaired) electrons. The molecule has 2 heterocycles. The predicted octanol–water partition coefficient (Wildman–Crippen LogP) is 3.20. The van der Waals surface area contributed by atoms with Crippen molar-refractivity contribution >= 4 is 33.1 Å². The summed E-state index contributed by atoms with van der Waals surface area (Å²) in [6.45, 7) is 3.91. The molecule has 2 aromatic heterocycles. The van der Waals surface area contributed by atoms with Crippen LogP contribution in [0.4, 0.5) is 18.9 Å². The molecule has 0 aromatic carbocycles. The Balaban J connectivity index is 2.36. The largest absolute Gasteiger partial charge is 0.433 e. The van der Waals surface area contributed by atoms with Crippen molar-refractivity contribution in [1.29, 1.82) is 0 Å². The molecule has 8 heteroatoms. The number of pyridine rings is 1. The molecule has 0 aliphatic heterocycles. The lowest BCUT2D eigenvalue weighted by Crippen LogP contribution is -2.23. The molecule has 0 aliphatic carbocycles. The predicted molar refractivity (Wildman–Crippen MR) is 76.2 cm³/mol. The summed E-state index contributed by atoms with van der Waals surface area (Å²) < 4.78 is 37.8. The highest BCUT2D eigenvalue weighted by molar-refractivity contribution is 7.21. The van der Waals surface area contributed by atoms with Crippen LogP contribution in [0.3, 0.4) is 0 Å². The first kappa shape index (κ1) is 15.3. The Bertz CT molecular complexity index is 694. The number of halogens is 3. The zero-order valence-electron chi connectivity index (χ0n) is 10.8. The van der Waals surface area contributed by atoms with Crippen LogP contribution in [0.2, 0.25) is 0 Å². The Hall–Kier alpha value is -2.09. The van der Waals surface area contributed by atoms with Gasteiger partial charge in [0.2, 0.25) is 0 Å². The normalized spacial score (nSPS) is 11.6. The van der Waals surface area contributed by atoms with Gasteiger partial charge in [-0.25, -0.2) is 4.98 Å². The summed E-state index contributed by atoms with van der Waals surface area (Å²) in [5.74, 6) is -0.425. The van der Waals surface area contributed by atoms with Crippen molar-refractivity contribution in [2.45, 2.75) is 12.6 Å². The monoisotopic (exact) mass is 315 g/mol. The van der Waals surface area contributed by atoms with Gasteiger partial charge < -0.3 is 11.1 Å². The topological polar surface area (TPSA) is 68.0 Å². The molecule has 2 aromatic rings. The number of hydrogen-bond acceptors (Lipinski definition) is 4. The Labute approximate surface area is 122 Å². The van der Waals surface area contributed by atoms with Crippen molar-refractivity contribution in [2.75, 3.05) is 12.3 Å². The van der Waals surface area contributed by atoms with Crippen LogP contribution in [0.25, 0.3) is 10.2 Å². The van der Waals surface area contributed by atoms with E-state index in [1.165, 1.54) is 6.07 Å². The van der Waals surface area contributed by atoms with Crippen molar-refractivity contribution in [3.05, 3.63) is 35.4 Å². The van der Waals surface area contributed by atoms with Crippen molar-refractivity contribution in [1.82, 2.24) is 10.3 Å². The molecular weight excluding hydrogens is 303 g/mol. The summed E-state index contributed by atoms with van der Waals surface area (Å²) in [6, 6.07) is 2.09. The van der Waals surface area contributed by atoms with E-state index in [1.807, 2.05) is 0 Å². The number of nitrogens with zero attached hydrogens (tertiary/aromatic N) is 1. The third-order valence-corrected chi connectivity index (χ3v) is 3.84. The van der Waals surface area contributed by atoms with Gasteiger partial charge in [0.15, 0.2) is 0 Å². The lowest BCUT2D eigenvalue weighted by molar-refractivity contribution is -0.140. The molecule has 0 unspecified atom stereocenters. The molecule has 0 fully saturated rings. The van der Waals surface area contributed by atoms with Gasteiger partial charge in [0.25, 0.3) is 5.91 Å². The number of nitrogens with one attached hydrogen (secondary N) is 1. The van der Waals surface area contributed by atoms with E-state index in [9.17, 15) is 18.0 Å². The summed E-state index contributed by atoms with van der Waals surface area (Å²) in [7, 11) is 0. The number of rotatable bonds is 4. The highest BCUT2D eigenvalue weighted by Crippen LogP contribution is 2.35. The number of anilines is 1. The molecule has 21 heavy (non-hydrogen) atoms. The Morgan fingerprint density at radius 1 is 1.48 bits per heavy atom. The second-order valence-corrected chi connectivity index (χ2v) is 5.22. The van der Waals surface area contributed by atoms with E-state index in [2.05, 4.69) is 16.9 Å². The Kier molecular flexibility index (Phi) is 4.17. The molecule has 0 bridgehead atoms. The summed E-state index contributed by atoms with van der Waals surface area (Å²) in [6.07, 6.45) is -2.29. The zero-order chi connectivity index (χ0) is 15.6. The molecule has 3 N–H and O–H groups in total. The molecule has 0 aliphatic rings. The quantitative estimate of drug-likeness (QED) is 0.672. The molecule has 112 valence electrons. The first-order chi connectivity index (χ1) is 9.84. The van der Waals surface area contributed by atoms with E-state index in [4.69, 9.17) is 5.73 Å². The molecule has 2 rings (SSSR count). The van der Waals surface area contributed by atoms with Crippen LogP contribution in [0, 0.1) is 0 Å². The van der Waals surface area contributed by atoms with Crippen LogP contribution < -0.4 is 11.1 Å². The fourth-order valence-electron chi connectivity index (χ4n) is 1.69. The van der Waals surface area contributed by atoms with Gasteiger partial charge in [0.05, 0.1) is 5.69 Å². The zero-order valence-corrected chi connectivity index (χ0v) is 11.6. The highest BCUT2D eigenvalue weighted by atomic mass is 32.1. The average molecular weight is 315 g/mol. The summed E-state index contributed by atoms with van der Waals surface area (Å²) in [5.41, 5.74) is 4.95. The van der Waals surface area contributed by atoms with Gasteiger partial charge in [0.1, 0.15) is 15.4 Å². The number of carbonyl (C=O) groups excluding carboxylic acids is 1. The number of fused-ring (bicyclic) bond motifs is 1.